The van der Waals surface area contributed by atoms with Crippen LogP contribution in [0.2, 0.25) is 5.02 Å². The molecule has 0 aliphatic carbocycles. The molecule has 3 rings (SSSR count). The normalized spacial score (nSPS) is 11.5. The summed E-state index contributed by atoms with van der Waals surface area (Å²) in [7, 11) is -2.46. The Morgan fingerprint density at radius 2 is 1.65 bits per heavy atom. The van der Waals surface area contributed by atoms with Gasteiger partial charge in [-0.3, -0.25) is 4.79 Å². The number of hydrogen-bond acceptors (Lipinski definition) is 3. The minimum absolute atomic E-state index is 0.0234. The highest BCUT2D eigenvalue weighted by Crippen LogP contribution is 2.22. The van der Waals surface area contributed by atoms with E-state index in [0.29, 0.717) is 10.7 Å². The van der Waals surface area contributed by atoms with Gasteiger partial charge in [0.1, 0.15) is 5.82 Å². The van der Waals surface area contributed by atoms with Crippen LogP contribution in [0.15, 0.2) is 77.7 Å². The molecule has 0 unspecified atom stereocenters. The van der Waals surface area contributed by atoms with Crippen molar-refractivity contribution in [2.45, 2.75) is 18.4 Å². The first-order chi connectivity index (χ1) is 14.7. The number of likely N-dealkylation sites (N-methyl/N-ethyl adjacent to an activating group) is 1. The van der Waals surface area contributed by atoms with Crippen LogP contribution in [0.4, 0.5) is 10.1 Å². The second-order valence-corrected chi connectivity index (χ2v) is 9.52. The van der Waals surface area contributed by atoms with Gasteiger partial charge in [-0.05, 0) is 61.0 Å². The Hall–Kier alpha value is -2.74. The van der Waals surface area contributed by atoms with Gasteiger partial charge in [0.05, 0.1) is 11.4 Å². The van der Waals surface area contributed by atoms with Gasteiger partial charge in [-0.1, -0.05) is 41.4 Å². The van der Waals surface area contributed by atoms with Crippen LogP contribution in [0, 0.1) is 12.7 Å². The lowest BCUT2D eigenvalue weighted by Crippen LogP contribution is -2.41. The van der Waals surface area contributed by atoms with E-state index in [-0.39, 0.29) is 18.0 Å². The van der Waals surface area contributed by atoms with Crippen molar-refractivity contribution in [3.05, 3.63) is 94.8 Å². The Morgan fingerprint density at radius 1 is 1.00 bits per heavy atom. The zero-order valence-electron chi connectivity index (χ0n) is 17.1. The summed E-state index contributed by atoms with van der Waals surface area (Å²) >= 11 is 5.90. The fourth-order valence-corrected chi connectivity index (χ4v) is 4.56. The predicted octanol–water partition coefficient (Wildman–Crippen LogP) is 4.64. The second-order valence-electron chi connectivity index (χ2n) is 7.15. The Morgan fingerprint density at radius 3 is 2.26 bits per heavy atom. The molecular weight excluding hydrogens is 439 g/mol. The van der Waals surface area contributed by atoms with Gasteiger partial charge in [0.25, 0.3) is 0 Å². The van der Waals surface area contributed by atoms with Crippen molar-refractivity contribution in [3.63, 3.8) is 0 Å². The van der Waals surface area contributed by atoms with Gasteiger partial charge in [-0.15, -0.1) is 0 Å². The quantitative estimate of drug-likeness (QED) is 0.516. The molecule has 0 aromatic heterocycles. The first kappa shape index (κ1) is 22.9. The fraction of sp³-hybridized carbons (Fsp3) is 0.174. The van der Waals surface area contributed by atoms with Crippen molar-refractivity contribution >= 4 is 33.2 Å². The van der Waals surface area contributed by atoms with Crippen molar-refractivity contribution in [3.8, 4) is 0 Å². The maximum atomic E-state index is 13.3. The third-order valence-corrected chi connectivity index (χ3v) is 6.85. The van der Waals surface area contributed by atoms with E-state index in [1.807, 2.05) is 31.2 Å². The van der Waals surface area contributed by atoms with Crippen molar-refractivity contribution in [2.75, 3.05) is 18.5 Å². The first-order valence-electron chi connectivity index (χ1n) is 9.50. The maximum absolute atomic E-state index is 13.3. The summed E-state index contributed by atoms with van der Waals surface area (Å²) in [5.41, 5.74) is 2.21. The van der Waals surface area contributed by atoms with E-state index in [2.05, 4.69) is 0 Å². The predicted molar refractivity (Wildman–Crippen MR) is 120 cm³/mol. The number of sulfonamides is 1. The summed E-state index contributed by atoms with van der Waals surface area (Å²) in [6, 6.07) is 18.7. The SMILES string of the molecule is Cc1cccc(CN(CC(=O)N(C)c2ccc(F)cc2)S(=O)(=O)c2ccc(Cl)cc2)c1. The number of rotatable bonds is 7. The van der Waals surface area contributed by atoms with Crippen LogP contribution in [0.5, 0.6) is 0 Å². The molecule has 0 saturated carbocycles. The van der Waals surface area contributed by atoms with Crippen LogP contribution in [-0.4, -0.2) is 32.2 Å². The molecule has 0 bridgehead atoms. The summed E-state index contributed by atoms with van der Waals surface area (Å²) in [6.07, 6.45) is 0. The molecule has 0 N–H and O–H groups in total. The highest BCUT2D eigenvalue weighted by atomic mass is 35.5. The van der Waals surface area contributed by atoms with Crippen molar-refractivity contribution in [2.24, 2.45) is 0 Å². The molecule has 8 heteroatoms. The molecule has 0 atom stereocenters. The third kappa shape index (κ3) is 5.70. The van der Waals surface area contributed by atoms with Crippen molar-refractivity contribution < 1.29 is 17.6 Å². The smallest absolute Gasteiger partial charge is 0.243 e. The van der Waals surface area contributed by atoms with E-state index < -0.39 is 21.7 Å². The molecule has 1 amide bonds. The highest BCUT2D eigenvalue weighted by Gasteiger charge is 2.28. The monoisotopic (exact) mass is 460 g/mol. The van der Waals surface area contributed by atoms with E-state index in [0.717, 1.165) is 15.4 Å². The number of hydrogen-bond donors (Lipinski definition) is 0. The number of amides is 1. The Kier molecular flexibility index (Phi) is 7.10. The summed E-state index contributed by atoms with van der Waals surface area (Å²) in [5.74, 6) is -0.868. The molecule has 162 valence electrons. The Labute approximate surface area is 186 Å². The molecule has 3 aromatic rings. The van der Waals surface area contributed by atoms with Gasteiger partial charge in [0, 0.05) is 24.3 Å². The van der Waals surface area contributed by atoms with E-state index in [1.165, 1.54) is 60.5 Å². The zero-order chi connectivity index (χ0) is 22.6. The van der Waals surface area contributed by atoms with Crippen LogP contribution < -0.4 is 4.90 Å². The number of carbonyl (C=O) groups excluding carboxylic acids is 1. The van der Waals surface area contributed by atoms with E-state index in [4.69, 9.17) is 11.6 Å². The van der Waals surface area contributed by atoms with Gasteiger partial charge in [-0.2, -0.15) is 4.31 Å². The number of anilines is 1. The largest absolute Gasteiger partial charge is 0.314 e. The summed E-state index contributed by atoms with van der Waals surface area (Å²) < 4.78 is 41.0. The van der Waals surface area contributed by atoms with Crippen LogP contribution in [0.3, 0.4) is 0 Å². The molecule has 0 radical (unpaired) electrons. The Bertz CT molecular complexity index is 1170. The zero-order valence-corrected chi connectivity index (χ0v) is 18.7. The van der Waals surface area contributed by atoms with Gasteiger partial charge >= 0.3 is 0 Å². The lowest BCUT2D eigenvalue weighted by molar-refractivity contribution is -0.118. The highest BCUT2D eigenvalue weighted by molar-refractivity contribution is 7.89. The minimum atomic E-state index is -3.98. The fourth-order valence-electron chi connectivity index (χ4n) is 3.06. The van der Waals surface area contributed by atoms with Gasteiger partial charge in [-0.25, -0.2) is 12.8 Å². The molecule has 0 fully saturated rings. The minimum Gasteiger partial charge on any atom is -0.314 e. The van der Waals surface area contributed by atoms with E-state index in [9.17, 15) is 17.6 Å². The summed E-state index contributed by atoms with van der Waals surface area (Å²) in [4.78, 5) is 14.3. The molecular formula is C23H22ClFN2O3S. The van der Waals surface area contributed by atoms with Crippen LogP contribution in [-0.2, 0) is 21.4 Å². The van der Waals surface area contributed by atoms with Crippen LogP contribution in [0.25, 0.3) is 0 Å². The van der Waals surface area contributed by atoms with Gasteiger partial charge < -0.3 is 4.90 Å². The molecule has 0 aliphatic heterocycles. The number of benzene rings is 3. The van der Waals surface area contributed by atoms with Crippen molar-refractivity contribution in [1.82, 2.24) is 4.31 Å². The number of halogens is 2. The maximum Gasteiger partial charge on any atom is 0.243 e. The first-order valence-corrected chi connectivity index (χ1v) is 11.3. The molecule has 0 saturated heterocycles. The van der Waals surface area contributed by atoms with Crippen molar-refractivity contribution in [1.29, 1.82) is 0 Å². The average molecular weight is 461 g/mol. The number of nitrogens with zero attached hydrogens (tertiary/aromatic N) is 2. The van der Waals surface area contributed by atoms with E-state index >= 15 is 0 Å². The average Bonchev–Trinajstić information content (AvgIpc) is 2.73. The topological polar surface area (TPSA) is 57.7 Å². The number of carbonyl (C=O) groups is 1. The lowest BCUT2D eigenvalue weighted by atomic mass is 10.1. The van der Waals surface area contributed by atoms with Crippen LogP contribution >= 0.6 is 11.6 Å². The van der Waals surface area contributed by atoms with Gasteiger partial charge in [0.15, 0.2) is 0 Å². The summed E-state index contributed by atoms with van der Waals surface area (Å²) in [6.45, 7) is 1.55. The standard InChI is InChI=1S/C23H22ClFN2O3S/c1-17-4-3-5-18(14-17)15-27(31(29,30)22-12-6-19(24)7-13-22)16-23(28)26(2)21-10-8-20(25)9-11-21/h3-14H,15-16H2,1-2H3. The van der Waals surface area contributed by atoms with E-state index in [1.54, 1.807) is 0 Å². The summed E-state index contributed by atoms with van der Waals surface area (Å²) in [5, 5.41) is 0.413. The molecule has 3 aromatic carbocycles. The Balaban J connectivity index is 1.92. The van der Waals surface area contributed by atoms with Crippen LogP contribution in [0.1, 0.15) is 11.1 Å². The van der Waals surface area contributed by atoms with Gasteiger partial charge in [0.2, 0.25) is 15.9 Å². The molecule has 0 spiro atoms. The molecule has 31 heavy (non-hydrogen) atoms. The second kappa shape index (κ2) is 9.60. The molecule has 5 nitrogen and oxygen atoms in total. The molecule has 0 heterocycles. The third-order valence-electron chi connectivity index (χ3n) is 4.79. The lowest BCUT2D eigenvalue weighted by Gasteiger charge is -2.25. The number of aryl methyl sites for hydroxylation is 1. The molecule has 0 aliphatic rings.